The molecular formula is C16H24Cl2N2O2. The van der Waals surface area contributed by atoms with Gasteiger partial charge in [-0.2, -0.15) is 0 Å². The Bertz CT molecular complexity index is 503. The van der Waals surface area contributed by atoms with Gasteiger partial charge in [0.25, 0.3) is 0 Å². The second kappa shape index (κ2) is 8.25. The van der Waals surface area contributed by atoms with Crippen molar-refractivity contribution in [2.24, 2.45) is 0 Å². The van der Waals surface area contributed by atoms with Gasteiger partial charge in [0.2, 0.25) is 0 Å². The third-order valence-corrected chi connectivity index (χ3v) is 4.89. The molecule has 0 saturated carbocycles. The van der Waals surface area contributed by atoms with Crippen molar-refractivity contribution in [3.8, 4) is 11.5 Å². The van der Waals surface area contributed by atoms with Crippen LogP contribution in [0.4, 0.5) is 0 Å². The van der Waals surface area contributed by atoms with E-state index in [0.717, 1.165) is 51.1 Å². The number of ether oxygens (including phenoxy) is 2. The van der Waals surface area contributed by atoms with Crippen LogP contribution in [0, 0.1) is 0 Å². The van der Waals surface area contributed by atoms with Gasteiger partial charge >= 0.3 is 0 Å². The number of methoxy groups -OCH3 is 2. The van der Waals surface area contributed by atoms with E-state index in [9.17, 15) is 0 Å². The predicted octanol–water partition coefficient (Wildman–Crippen LogP) is 3.19. The summed E-state index contributed by atoms with van der Waals surface area (Å²) < 4.78 is 10.6. The first-order valence-electron chi connectivity index (χ1n) is 7.56. The second-order valence-electron chi connectivity index (χ2n) is 5.63. The highest BCUT2D eigenvalue weighted by molar-refractivity contribution is 6.37. The molecule has 0 aromatic heterocycles. The minimum absolute atomic E-state index is 0.558. The van der Waals surface area contributed by atoms with E-state index in [-0.39, 0.29) is 0 Å². The highest BCUT2D eigenvalue weighted by atomic mass is 35.5. The van der Waals surface area contributed by atoms with Crippen LogP contribution in [0.1, 0.15) is 12.0 Å². The number of rotatable bonds is 6. The van der Waals surface area contributed by atoms with Gasteiger partial charge in [0.15, 0.2) is 11.5 Å². The minimum Gasteiger partial charge on any atom is -0.493 e. The van der Waals surface area contributed by atoms with Crippen molar-refractivity contribution in [2.75, 3.05) is 54.0 Å². The maximum absolute atomic E-state index is 6.43. The Morgan fingerprint density at radius 3 is 2.36 bits per heavy atom. The predicted molar refractivity (Wildman–Crippen MR) is 91.8 cm³/mol. The van der Waals surface area contributed by atoms with Gasteiger partial charge in [-0.3, -0.25) is 0 Å². The molecule has 1 aromatic carbocycles. The van der Waals surface area contributed by atoms with Crippen LogP contribution in [0.15, 0.2) is 6.07 Å². The van der Waals surface area contributed by atoms with E-state index in [2.05, 4.69) is 16.8 Å². The van der Waals surface area contributed by atoms with E-state index < -0.39 is 0 Å². The van der Waals surface area contributed by atoms with Crippen LogP contribution in [0.25, 0.3) is 0 Å². The molecule has 0 spiro atoms. The van der Waals surface area contributed by atoms with Gasteiger partial charge in [-0.15, -0.1) is 0 Å². The maximum Gasteiger partial charge on any atom is 0.179 e. The molecule has 1 fully saturated rings. The molecule has 124 valence electrons. The van der Waals surface area contributed by atoms with Crippen LogP contribution in [0.3, 0.4) is 0 Å². The van der Waals surface area contributed by atoms with Gasteiger partial charge in [-0.25, -0.2) is 0 Å². The molecule has 0 N–H and O–H groups in total. The monoisotopic (exact) mass is 346 g/mol. The van der Waals surface area contributed by atoms with Gasteiger partial charge in [0, 0.05) is 37.3 Å². The summed E-state index contributed by atoms with van der Waals surface area (Å²) in [4.78, 5) is 4.85. The van der Waals surface area contributed by atoms with Gasteiger partial charge in [-0.1, -0.05) is 23.2 Å². The van der Waals surface area contributed by atoms with Gasteiger partial charge in [0.1, 0.15) is 0 Å². The molecule has 0 atom stereocenters. The Hall–Kier alpha value is -0.680. The summed E-state index contributed by atoms with van der Waals surface area (Å²) in [6.45, 7) is 5.60. The molecular weight excluding hydrogens is 323 g/mol. The van der Waals surface area contributed by atoms with E-state index in [4.69, 9.17) is 32.7 Å². The van der Waals surface area contributed by atoms with E-state index in [1.54, 1.807) is 20.3 Å². The van der Waals surface area contributed by atoms with Crippen molar-refractivity contribution >= 4 is 23.2 Å². The fourth-order valence-electron chi connectivity index (χ4n) is 2.74. The average molecular weight is 347 g/mol. The molecule has 2 rings (SSSR count). The number of benzene rings is 1. The first-order chi connectivity index (χ1) is 10.6. The smallest absolute Gasteiger partial charge is 0.179 e. The summed E-state index contributed by atoms with van der Waals surface area (Å²) in [6, 6.07) is 1.78. The number of halogens is 2. The lowest BCUT2D eigenvalue weighted by Gasteiger charge is -2.32. The van der Waals surface area contributed by atoms with Gasteiger partial charge < -0.3 is 19.3 Å². The Morgan fingerprint density at radius 1 is 1.09 bits per heavy atom. The molecule has 1 heterocycles. The van der Waals surface area contributed by atoms with E-state index >= 15 is 0 Å². The zero-order valence-electron chi connectivity index (χ0n) is 13.5. The highest BCUT2D eigenvalue weighted by Gasteiger charge is 2.18. The Labute approximate surface area is 142 Å². The minimum atomic E-state index is 0.558. The molecule has 1 aliphatic heterocycles. The van der Waals surface area contributed by atoms with Crippen molar-refractivity contribution in [3.63, 3.8) is 0 Å². The van der Waals surface area contributed by atoms with Crippen LogP contribution in [-0.2, 0) is 6.42 Å². The standard InChI is InChI=1S/C16H24Cl2N2O2/c1-19-7-9-20(10-8-19)6-4-5-12-13(17)11-14(21-2)16(22-3)15(12)18/h11H,4-10H2,1-3H3. The highest BCUT2D eigenvalue weighted by Crippen LogP contribution is 2.41. The second-order valence-corrected chi connectivity index (χ2v) is 6.42. The summed E-state index contributed by atoms with van der Waals surface area (Å²) in [7, 11) is 5.34. The van der Waals surface area contributed by atoms with Gasteiger partial charge in [-0.05, 0) is 32.0 Å². The third kappa shape index (κ3) is 4.19. The number of piperazine rings is 1. The normalized spacial score (nSPS) is 16.8. The summed E-state index contributed by atoms with van der Waals surface area (Å²) in [6.07, 6.45) is 1.86. The fraction of sp³-hybridized carbons (Fsp3) is 0.625. The zero-order valence-corrected chi connectivity index (χ0v) is 15.0. The Morgan fingerprint density at radius 2 is 1.77 bits per heavy atom. The first kappa shape index (κ1) is 17.7. The average Bonchev–Trinajstić information content (AvgIpc) is 2.51. The van der Waals surface area contributed by atoms with Gasteiger partial charge in [0.05, 0.1) is 19.2 Å². The van der Waals surface area contributed by atoms with Crippen molar-refractivity contribution in [1.29, 1.82) is 0 Å². The van der Waals surface area contributed by atoms with Crippen molar-refractivity contribution < 1.29 is 9.47 Å². The van der Waals surface area contributed by atoms with Crippen LogP contribution in [-0.4, -0.2) is 63.8 Å². The molecule has 1 aromatic rings. The van der Waals surface area contributed by atoms with Crippen LogP contribution in [0.2, 0.25) is 10.0 Å². The topological polar surface area (TPSA) is 24.9 Å². The molecule has 1 aliphatic rings. The molecule has 1 saturated heterocycles. The Kier molecular flexibility index (Phi) is 6.63. The van der Waals surface area contributed by atoms with Crippen molar-refractivity contribution in [3.05, 3.63) is 21.7 Å². The third-order valence-electron chi connectivity index (χ3n) is 4.16. The molecule has 0 amide bonds. The molecule has 6 heteroatoms. The SMILES string of the molecule is COc1cc(Cl)c(CCCN2CCN(C)CC2)c(Cl)c1OC. The molecule has 4 nitrogen and oxygen atoms in total. The van der Waals surface area contributed by atoms with E-state index in [1.165, 1.54) is 0 Å². The molecule has 0 radical (unpaired) electrons. The Balaban J connectivity index is 1.98. The van der Waals surface area contributed by atoms with Crippen molar-refractivity contribution in [1.82, 2.24) is 9.80 Å². The van der Waals surface area contributed by atoms with Crippen LogP contribution >= 0.6 is 23.2 Å². The maximum atomic E-state index is 6.43. The van der Waals surface area contributed by atoms with E-state index in [0.29, 0.717) is 21.5 Å². The quantitative estimate of drug-likeness (QED) is 0.789. The summed E-state index contributed by atoms with van der Waals surface area (Å²) in [5.41, 5.74) is 0.940. The number of hydrogen-bond acceptors (Lipinski definition) is 4. The fourth-order valence-corrected chi connectivity index (χ4v) is 3.44. The lowest BCUT2D eigenvalue weighted by atomic mass is 10.1. The lowest BCUT2D eigenvalue weighted by molar-refractivity contribution is 0.153. The zero-order chi connectivity index (χ0) is 16.1. The molecule has 0 aliphatic carbocycles. The molecule has 0 bridgehead atoms. The number of hydrogen-bond donors (Lipinski definition) is 0. The molecule has 0 unspecified atom stereocenters. The van der Waals surface area contributed by atoms with Crippen LogP contribution in [0.5, 0.6) is 11.5 Å². The first-order valence-corrected chi connectivity index (χ1v) is 8.32. The number of likely N-dealkylation sites (N-methyl/N-ethyl adjacent to an activating group) is 1. The summed E-state index contributed by atoms with van der Waals surface area (Å²) in [5, 5.41) is 1.20. The summed E-state index contributed by atoms with van der Waals surface area (Å²) in [5.74, 6) is 1.13. The van der Waals surface area contributed by atoms with Crippen molar-refractivity contribution in [2.45, 2.75) is 12.8 Å². The summed E-state index contributed by atoms with van der Waals surface area (Å²) >= 11 is 12.8. The number of nitrogens with zero attached hydrogens (tertiary/aromatic N) is 2. The largest absolute Gasteiger partial charge is 0.493 e. The van der Waals surface area contributed by atoms with Crippen LogP contribution < -0.4 is 9.47 Å². The lowest BCUT2D eigenvalue weighted by Crippen LogP contribution is -2.44. The van der Waals surface area contributed by atoms with E-state index in [1.807, 2.05) is 0 Å². The molecule has 22 heavy (non-hydrogen) atoms.